The lowest BCUT2D eigenvalue weighted by Crippen LogP contribution is -2.40. The van der Waals surface area contributed by atoms with Gasteiger partial charge in [0.2, 0.25) is 0 Å². The number of hydrogen-bond donors (Lipinski definition) is 2. The SMILES string of the molecule is CCNC(=NCc1nc(C(F)(F)F)cs1)NCC(C)C(=O)OC.I. The normalized spacial score (nSPS) is 13.0. The Morgan fingerprint density at radius 2 is 2.12 bits per heavy atom. The van der Waals surface area contributed by atoms with Crippen LogP contribution in [0.25, 0.3) is 0 Å². The van der Waals surface area contributed by atoms with Crippen molar-refractivity contribution in [2.45, 2.75) is 26.6 Å². The molecule has 6 nitrogen and oxygen atoms in total. The van der Waals surface area contributed by atoms with Gasteiger partial charge in [0.15, 0.2) is 11.7 Å². The molecule has 1 aromatic heterocycles. The van der Waals surface area contributed by atoms with Crippen LogP contribution in [0, 0.1) is 5.92 Å². The number of methoxy groups -OCH3 is 1. The number of aromatic nitrogens is 1. The van der Waals surface area contributed by atoms with Crippen molar-refractivity contribution >= 4 is 47.2 Å². The van der Waals surface area contributed by atoms with Gasteiger partial charge in [0, 0.05) is 18.5 Å². The first kappa shape index (κ1) is 22.9. The topological polar surface area (TPSA) is 75.6 Å². The minimum Gasteiger partial charge on any atom is -0.469 e. The van der Waals surface area contributed by atoms with Crippen molar-refractivity contribution in [1.82, 2.24) is 15.6 Å². The number of guanidine groups is 1. The van der Waals surface area contributed by atoms with Crippen LogP contribution >= 0.6 is 35.3 Å². The Balaban J connectivity index is 0.00000529. The van der Waals surface area contributed by atoms with Crippen LogP contribution in [0.4, 0.5) is 13.2 Å². The van der Waals surface area contributed by atoms with E-state index in [0.29, 0.717) is 19.0 Å². The van der Waals surface area contributed by atoms with Gasteiger partial charge in [-0.15, -0.1) is 35.3 Å². The van der Waals surface area contributed by atoms with Crippen molar-refractivity contribution in [2.75, 3.05) is 20.2 Å². The standard InChI is InChI=1S/C13H19F3N4O2S.HI/c1-4-17-12(18-5-8(2)11(21)22-3)19-6-10-20-9(7-23-10)13(14,15)16;/h7-8H,4-6H2,1-3H3,(H2,17,18,19);1H. The van der Waals surface area contributed by atoms with Crippen LogP contribution in [0.3, 0.4) is 0 Å². The smallest absolute Gasteiger partial charge is 0.434 e. The molecule has 0 spiro atoms. The third kappa shape index (κ3) is 7.64. The largest absolute Gasteiger partial charge is 0.469 e. The fraction of sp³-hybridized carbons (Fsp3) is 0.615. The summed E-state index contributed by atoms with van der Waals surface area (Å²) in [5.41, 5.74) is -0.912. The third-order valence-corrected chi connectivity index (χ3v) is 3.57. The second-order valence-corrected chi connectivity index (χ2v) is 5.57. The Kier molecular flexibility index (Phi) is 10.2. The molecule has 1 rings (SSSR count). The molecule has 1 aromatic rings. The molecule has 24 heavy (non-hydrogen) atoms. The van der Waals surface area contributed by atoms with Gasteiger partial charge in [0.25, 0.3) is 0 Å². The van der Waals surface area contributed by atoms with Crippen LogP contribution in [0.2, 0.25) is 0 Å². The Labute approximate surface area is 159 Å². The second kappa shape index (κ2) is 10.7. The van der Waals surface area contributed by atoms with Gasteiger partial charge in [-0.25, -0.2) is 9.98 Å². The van der Waals surface area contributed by atoms with Gasteiger partial charge in [-0.1, -0.05) is 6.92 Å². The van der Waals surface area contributed by atoms with E-state index in [1.54, 1.807) is 6.92 Å². The molecule has 0 radical (unpaired) electrons. The van der Waals surface area contributed by atoms with Crippen LogP contribution in [-0.4, -0.2) is 37.1 Å². The first-order chi connectivity index (χ1) is 10.8. The highest BCUT2D eigenvalue weighted by molar-refractivity contribution is 14.0. The molecular weight excluding hydrogens is 460 g/mol. The summed E-state index contributed by atoms with van der Waals surface area (Å²) in [6, 6.07) is 0. The predicted molar refractivity (Wildman–Crippen MR) is 96.5 cm³/mol. The zero-order valence-electron chi connectivity index (χ0n) is 13.4. The predicted octanol–water partition coefficient (Wildman–Crippen LogP) is 2.64. The highest BCUT2D eigenvalue weighted by Crippen LogP contribution is 2.30. The quantitative estimate of drug-likeness (QED) is 0.284. The number of alkyl halides is 3. The van der Waals surface area contributed by atoms with E-state index in [-0.39, 0.29) is 47.4 Å². The Bertz CT molecular complexity index is 552. The summed E-state index contributed by atoms with van der Waals surface area (Å²) in [5.74, 6) is -0.337. The minimum atomic E-state index is -4.45. The summed E-state index contributed by atoms with van der Waals surface area (Å²) in [6.45, 7) is 4.43. The van der Waals surface area contributed by atoms with Crippen LogP contribution in [0.1, 0.15) is 24.5 Å². The molecule has 1 atom stereocenters. The molecule has 0 saturated carbocycles. The lowest BCUT2D eigenvalue weighted by Gasteiger charge is -2.14. The van der Waals surface area contributed by atoms with E-state index in [2.05, 4.69) is 25.3 Å². The summed E-state index contributed by atoms with van der Waals surface area (Å²) in [7, 11) is 1.30. The molecule has 1 heterocycles. The van der Waals surface area contributed by atoms with Gasteiger partial charge < -0.3 is 15.4 Å². The Morgan fingerprint density at radius 1 is 1.46 bits per heavy atom. The highest BCUT2D eigenvalue weighted by atomic mass is 127. The summed E-state index contributed by atoms with van der Waals surface area (Å²) < 4.78 is 42.1. The van der Waals surface area contributed by atoms with Crippen molar-refractivity contribution in [3.05, 3.63) is 16.1 Å². The summed E-state index contributed by atoms with van der Waals surface area (Å²) in [4.78, 5) is 19.0. The van der Waals surface area contributed by atoms with Gasteiger partial charge in [-0.2, -0.15) is 13.2 Å². The van der Waals surface area contributed by atoms with Gasteiger partial charge >= 0.3 is 12.1 Å². The summed E-state index contributed by atoms with van der Waals surface area (Å²) >= 11 is 0.902. The maximum atomic E-state index is 12.5. The highest BCUT2D eigenvalue weighted by Gasteiger charge is 2.33. The van der Waals surface area contributed by atoms with Gasteiger partial charge in [-0.3, -0.25) is 4.79 Å². The number of rotatable bonds is 6. The molecule has 0 aromatic carbocycles. The number of thiazole rings is 1. The zero-order valence-corrected chi connectivity index (χ0v) is 16.6. The molecule has 11 heteroatoms. The number of nitrogens with one attached hydrogen (secondary N) is 2. The molecule has 0 aliphatic rings. The minimum absolute atomic E-state index is 0. The lowest BCUT2D eigenvalue weighted by molar-refractivity contribution is -0.144. The number of esters is 1. The van der Waals surface area contributed by atoms with Crippen LogP contribution in [0.15, 0.2) is 10.4 Å². The maximum absolute atomic E-state index is 12.5. The fourth-order valence-electron chi connectivity index (χ4n) is 1.54. The number of carbonyl (C=O) groups is 1. The van der Waals surface area contributed by atoms with Crippen molar-refractivity contribution in [2.24, 2.45) is 10.9 Å². The van der Waals surface area contributed by atoms with Gasteiger partial charge in [0.05, 0.1) is 19.6 Å². The molecule has 2 N–H and O–H groups in total. The maximum Gasteiger partial charge on any atom is 0.434 e. The molecule has 1 unspecified atom stereocenters. The molecule has 0 amide bonds. The van der Waals surface area contributed by atoms with Crippen molar-refractivity contribution in [3.63, 3.8) is 0 Å². The molecule has 0 aliphatic carbocycles. The second-order valence-electron chi connectivity index (χ2n) is 4.62. The number of carbonyl (C=O) groups excluding carboxylic acids is 1. The van der Waals surface area contributed by atoms with Crippen LogP contribution in [-0.2, 0) is 22.3 Å². The average molecular weight is 480 g/mol. The van der Waals surface area contributed by atoms with E-state index >= 15 is 0 Å². The number of hydrogen-bond acceptors (Lipinski definition) is 5. The molecule has 0 bridgehead atoms. The average Bonchev–Trinajstić information content (AvgIpc) is 2.98. The third-order valence-electron chi connectivity index (χ3n) is 2.74. The Hall–Kier alpha value is -1.11. The lowest BCUT2D eigenvalue weighted by atomic mass is 10.2. The van der Waals surface area contributed by atoms with Gasteiger partial charge in [0.1, 0.15) is 5.01 Å². The Morgan fingerprint density at radius 3 is 2.62 bits per heavy atom. The fourth-order valence-corrected chi connectivity index (χ4v) is 2.26. The van der Waals surface area contributed by atoms with E-state index in [4.69, 9.17) is 0 Å². The van der Waals surface area contributed by atoms with E-state index in [0.717, 1.165) is 16.7 Å². The van der Waals surface area contributed by atoms with Crippen LogP contribution < -0.4 is 10.6 Å². The van der Waals surface area contributed by atoms with E-state index in [1.807, 2.05) is 6.92 Å². The summed E-state index contributed by atoms with van der Waals surface area (Å²) in [6.07, 6.45) is -4.45. The van der Waals surface area contributed by atoms with Crippen LogP contribution in [0.5, 0.6) is 0 Å². The van der Waals surface area contributed by atoms with E-state index in [1.165, 1.54) is 7.11 Å². The van der Waals surface area contributed by atoms with Crippen molar-refractivity contribution < 1.29 is 22.7 Å². The molecular formula is C13H20F3IN4O2S. The summed E-state index contributed by atoms with van der Waals surface area (Å²) in [5, 5.41) is 7.10. The number of nitrogens with zero attached hydrogens (tertiary/aromatic N) is 2. The first-order valence-electron chi connectivity index (χ1n) is 6.89. The van der Waals surface area contributed by atoms with Gasteiger partial charge in [-0.05, 0) is 6.92 Å². The number of aliphatic imine (C=N–C) groups is 1. The number of ether oxygens (including phenoxy) is 1. The van der Waals surface area contributed by atoms with E-state index < -0.39 is 11.9 Å². The zero-order chi connectivity index (χ0) is 17.5. The molecule has 138 valence electrons. The molecule has 0 fully saturated rings. The number of halogens is 4. The van der Waals surface area contributed by atoms with Crippen molar-refractivity contribution in [1.29, 1.82) is 0 Å². The first-order valence-corrected chi connectivity index (χ1v) is 7.77. The monoisotopic (exact) mass is 480 g/mol. The molecule has 0 aliphatic heterocycles. The van der Waals surface area contributed by atoms with E-state index in [9.17, 15) is 18.0 Å². The van der Waals surface area contributed by atoms with Crippen molar-refractivity contribution in [3.8, 4) is 0 Å². The molecule has 0 saturated heterocycles.